The van der Waals surface area contributed by atoms with E-state index in [9.17, 15) is 14.9 Å². The molecule has 1 rings (SSSR count). The number of ether oxygens (including phenoxy) is 1. The summed E-state index contributed by atoms with van der Waals surface area (Å²) in [4.78, 5) is 22.1. The highest BCUT2D eigenvalue weighted by molar-refractivity contribution is 5.77. The van der Waals surface area contributed by atoms with Gasteiger partial charge in [0.05, 0.1) is 4.92 Å². The van der Waals surface area contributed by atoms with E-state index in [4.69, 9.17) is 4.74 Å². The molecule has 21 heavy (non-hydrogen) atoms. The normalized spacial score (nSPS) is 10.5. The number of amides is 1. The van der Waals surface area contributed by atoms with Crippen LogP contribution in [0.5, 0.6) is 5.75 Å². The van der Waals surface area contributed by atoms with Crippen LogP contribution in [0.1, 0.15) is 26.3 Å². The molecule has 0 heterocycles. The zero-order chi connectivity index (χ0) is 15.8. The second-order valence-corrected chi connectivity index (χ2v) is 4.85. The predicted octanol–water partition coefficient (Wildman–Crippen LogP) is 1.61. The lowest BCUT2D eigenvalue weighted by Crippen LogP contribution is -2.34. The molecule has 0 unspecified atom stereocenters. The largest absolute Gasteiger partial charge is 0.477 e. The minimum atomic E-state index is -0.509. The van der Waals surface area contributed by atoms with Crippen LogP contribution in [0.15, 0.2) is 18.2 Å². The van der Waals surface area contributed by atoms with Crippen molar-refractivity contribution < 1.29 is 14.5 Å². The Balaban J connectivity index is 2.77. The first-order chi connectivity index (χ1) is 9.93. The van der Waals surface area contributed by atoms with Gasteiger partial charge in [-0.05, 0) is 32.0 Å². The molecule has 0 atom stereocenters. The Kier molecular flexibility index (Phi) is 6.61. The topological polar surface area (TPSA) is 93.5 Å². The third-order valence-electron chi connectivity index (χ3n) is 2.61. The molecule has 7 heteroatoms. The lowest BCUT2D eigenvalue weighted by Gasteiger charge is -2.10. The van der Waals surface area contributed by atoms with E-state index < -0.39 is 4.92 Å². The number of nitrogens with one attached hydrogen (secondary N) is 2. The molecule has 0 aliphatic rings. The first-order valence-electron chi connectivity index (χ1n) is 6.84. The summed E-state index contributed by atoms with van der Waals surface area (Å²) in [5, 5.41) is 16.8. The van der Waals surface area contributed by atoms with Crippen molar-refractivity contribution in [3.05, 3.63) is 33.9 Å². The fourth-order valence-electron chi connectivity index (χ4n) is 1.71. The Morgan fingerprint density at radius 1 is 1.43 bits per heavy atom. The second-order valence-electron chi connectivity index (χ2n) is 4.85. The van der Waals surface area contributed by atoms with Crippen molar-refractivity contribution in [2.45, 2.75) is 33.4 Å². The summed E-state index contributed by atoms with van der Waals surface area (Å²) in [5.41, 5.74) is 0.658. The number of rotatable bonds is 8. The molecule has 0 radical (unpaired) electrons. The predicted molar refractivity (Wildman–Crippen MR) is 79.3 cm³/mol. The Hall–Kier alpha value is -2.15. The number of nitrogens with zero attached hydrogens (tertiary/aromatic N) is 1. The van der Waals surface area contributed by atoms with Gasteiger partial charge in [0.15, 0.2) is 12.4 Å². The molecule has 0 aromatic heterocycles. The number of hydrogen-bond acceptors (Lipinski definition) is 5. The summed E-state index contributed by atoms with van der Waals surface area (Å²) in [6.07, 6.45) is 0. The van der Waals surface area contributed by atoms with E-state index in [1.54, 1.807) is 6.07 Å². The van der Waals surface area contributed by atoms with Gasteiger partial charge < -0.3 is 15.4 Å². The van der Waals surface area contributed by atoms with Crippen LogP contribution in [0.25, 0.3) is 0 Å². The van der Waals surface area contributed by atoms with Gasteiger partial charge in [-0.15, -0.1) is 0 Å². The average Bonchev–Trinajstić information content (AvgIpc) is 2.42. The van der Waals surface area contributed by atoms with Crippen LogP contribution < -0.4 is 15.4 Å². The zero-order valence-electron chi connectivity index (χ0n) is 12.5. The summed E-state index contributed by atoms with van der Waals surface area (Å²) in [6, 6.07) is 4.72. The first kappa shape index (κ1) is 16.9. The monoisotopic (exact) mass is 295 g/mol. The SMILES string of the molecule is CCNCc1ccc(OCC(=O)NC(C)C)c([N+](=O)[O-])c1. The van der Waals surface area contributed by atoms with E-state index in [1.807, 2.05) is 20.8 Å². The molecule has 1 aromatic carbocycles. The summed E-state index contributed by atoms with van der Waals surface area (Å²) >= 11 is 0. The van der Waals surface area contributed by atoms with Gasteiger partial charge in [-0.25, -0.2) is 0 Å². The van der Waals surface area contributed by atoms with Crippen LogP contribution in [0, 0.1) is 10.1 Å². The van der Waals surface area contributed by atoms with Crippen molar-refractivity contribution in [3.8, 4) is 5.75 Å². The molecule has 1 amide bonds. The molecule has 0 spiro atoms. The van der Waals surface area contributed by atoms with Gasteiger partial charge in [0.2, 0.25) is 0 Å². The van der Waals surface area contributed by atoms with Crippen molar-refractivity contribution in [2.75, 3.05) is 13.2 Å². The van der Waals surface area contributed by atoms with E-state index in [2.05, 4.69) is 10.6 Å². The van der Waals surface area contributed by atoms with Gasteiger partial charge in [-0.2, -0.15) is 0 Å². The number of carbonyl (C=O) groups is 1. The number of carbonyl (C=O) groups excluding carboxylic acids is 1. The molecule has 0 saturated heterocycles. The van der Waals surface area contributed by atoms with E-state index in [1.165, 1.54) is 12.1 Å². The van der Waals surface area contributed by atoms with Gasteiger partial charge in [-0.1, -0.05) is 13.0 Å². The molecule has 7 nitrogen and oxygen atoms in total. The molecule has 0 saturated carbocycles. The van der Waals surface area contributed by atoms with E-state index in [-0.39, 0.29) is 30.0 Å². The van der Waals surface area contributed by atoms with Gasteiger partial charge in [-0.3, -0.25) is 14.9 Å². The lowest BCUT2D eigenvalue weighted by atomic mass is 10.2. The van der Waals surface area contributed by atoms with Crippen LogP contribution in [0.3, 0.4) is 0 Å². The molecule has 116 valence electrons. The van der Waals surface area contributed by atoms with E-state index in [0.29, 0.717) is 6.54 Å². The lowest BCUT2D eigenvalue weighted by molar-refractivity contribution is -0.385. The van der Waals surface area contributed by atoms with Crippen molar-refractivity contribution >= 4 is 11.6 Å². The Bertz CT molecular complexity index is 503. The first-order valence-corrected chi connectivity index (χ1v) is 6.84. The quantitative estimate of drug-likeness (QED) is 0.561. The minimum Gasteiger partial charge on any atom is -0.477 e. The maximum Gasteiger partial charge on any atom is 0.311 e. The van der Waals surface area contributed by atoms with Crippen LogP contribution >= 0.6 is 0 Å². The maximum atomic E-state index is 11.5. The number of benzene rings is 1. The van der Waals surface area contributed by atoms with Crippen LogP contribution in [-0.2, 0) is 11.3 Å². The maximum absolute atomic E-state index is 11.5. The Morgan fingerprint density at radius 3 is 2.71 bits per heavy atom. The summed E-state index contributed by atoms with van der Waals surface area (Å²) in [6.45, 7) is 6.70. The van der Waals surface area contributed by atoms with Crippen LogP contribution in [0.2, 0.25) is 0 Å². The smallest absolute Gasteiger partial charge is 0.311 e. The summed E-state index contributed by atoms with van der Waals surface area (Å²) in [7, 11) is 0. The Labute approximate surface area is 123 Å². The minimum absolute atomic E-state index is 0.00131. The van der Waals surface area contributed by atoms with Crippen LogP contribution in [0.4, 0.5) is 5.69 Å². The van der Waals surface area contributed by atoms with Crippen LogP contribution in [-0.4, -0.2) is 30.0 Å². The highest BCUT2D eigenvalue weighted by atomic mass is 16.6. The molecule has 0 aliphatic carbocycles. The second kappa shape index (κ2) is 8.21. The Morgan fingerprint density at radius 2 is 2.14 bits per heavy atom. The molecule has 0 aliphatic heterocycles. The van der Waals surface area contributed by atoms with Crippen molar-refractivity contribution in [3.63, 3.8) is 0 Å². The molecule has 0 bridgehead atoms. The van der Waals surface area contributed by atoms with Crippen molar-refractivity contribution in [1.82, 2.24) is 10.6 Å². The summed E-state index contributed by atoms with van der Waals surface area (Å²) < 4.78 is 5.25. The van der Waals surface area contributed by atoms with E-state index in [0.717, 1.165) is 12.1 Å². The van der Waals surface area contributed by atoms with Gasteiger partial charge >= 0.3 is 5.69 Å². The number of nitro groups is 1. The van der Waals surface area contributed by atoms with E-state index >= 15 is 0 Å². The fourth-order valence-corrected chi connectivity index (χ4v) is 1.71. The molecule has 0 fully saturated rings. The molecule has 2 N–H and O–H groups in total. The number of nitro benzene ring substituents is 1. The molecular weight excluding hydrogens is 274 g/mol. The standard InChI is InChI=1S/C14H21N3O4/c1-4-15-8-11-5-6-13(12(7-11)17(19)20)21-9-14(18)16-10(2)3/h5-7,10,15H,4,8-9H2,1-3H3,(H,16,18). The molecular formula is C14H21N3O4. The van der Waals surface area contributed by atoms with Gasteiger partial charge in [0.25, 0.3) is 5.91 Å². The molecule has 1 aromatic rings. The summed E-state index contributed by atoms with van der Waals surface area (Å²) in [5.74, 6) is -0.213. The van der Waals surface area contributed by atoms with Crippen molar-refractivity contribution in [2.24, 2.45) is 0 Å². The number of hydrogen-bond donors (Lipinski definition) is 2. The average molecular weight is 295 g/mol. The van der Waals surface area contributed by atoms with Crippen molar-refractivity contribution in [1.29, 1.82) is 0 Å². The van der Waals surface area contributed by atoms with Gasteiger partial charge in [0.1, 0.15) is 0 Å². The highest BCUT2D eigenvalue weighted by Gasteiger charge is 2.17. The zero-order valence-corrected chi connectivity index (χ0v) is 12.5. The third kappa shape index (κ3) is 5.78. The fraction of sp³-hybridized carbons (Fsp3) is 0.500. The van der Waals surface area contributed by atoms with Gasteiger partial charge in [0, 0.05) is 18.7 Å². The third-order valence-corrected chi connectivity index (χ3v) is 2.61. The highest BCUT2D eigenvalue weighted by Crippen LogP contribution is 2.27.